The van der Waals surface area contributed by atoms with Crippen molar-refractivity contribution in [1.29, 1.82) is 0 Å². The van der Waals surface area contributed by atoms with Crippen molar-refractivity contribution in [1.82, 2.24) is 15.3 Å². The van der Waals surface area contributed by atoms with E-state index in [-0.39, 0.29) is 11.5 Å². The summed E-state index contributed by atoms with van der Waals surface area (Å²) in [4.78, 5) is 27.0. The third-order valence-electron chi connectivity index (χ3n) is 2.63. The van der Waals surface area contributed by atoms with E-state index in [9.17, 15) is 9.59 Å². The lowest BCUT2D eigenvalue weighted by molar-refractivity contribution is 0.456. The standard InChI is InChI=1S/C9H13N3O2/c13-8-7(5-11-9(14)12-8)6-1-3-10-4-2-6/h5-6,10H,1-4H2,(H2,11,12,13,14). The molecule has 1 saturated heterocycles. The highest BCUT2D eigenvalue weighted by molar-refractivity contribution is 5.11. The van der Waals surface area contributed by atoms with Gasteiger partial charge in [0.1, 0.15) is 0 Å². The Hall–Kier alpha value is -1.36. The molecule has 1 aliphatic heterocycles. The molecule has 0 amide bonds. The topological polar surface area (TPSA) is 77.8 Å². The number of piperidine rings is 1. The molecule has 0 aliphatic carbocycles. The van der Waals surface area contributed by atoms with Crippen molar-refractivity contribution in [2.75, 3.05) is 13.1 Å². The molecule has 1 aromatic heterocycles. The van der Waals surface area contributed by atoms with E-state index in [1.165, 1.54) is 6.20 Å². The number of rotatable bonds is 1. The van der Waals surface area contributed by atoms with Crippen LogP contribution < -0.4 is 16.6 Å². The van der Waals surface area contributed by atoms with Gasteiger partial charge in [0.15, 0.2) is 0 Å². The summed E-state index contributed by atoms with van der Waals surface area (Å²) < 4.78 is 0. The van der Waals surface area contributed by atoms with E-state index in [0.717, 1.165) is 25.9 Å². The molecule has 1 aromatic rings. The molecule has 0 atom stereocenters. The van der Waals surface area contributed by atoms with E-state index in [0.29, 0.717) is 5.56 Å². The molecule has 0 aromatic carbocycles. The molecule has 0 spiro atoms. The minimum absolute atomic E-state index is 0.249. The fourth-order valence-corrected chi connectivity index (χ4v) is 1.86. The van der Waals surface area contributed by atoms with Crippen LogP contribution in [0.15, 0.2) is 15.8 Å². The van der Waals surface area contributed by atoms with Crippen molar-refractivity contribution in [3.8, 4) is 0 Å². The molecule has 14 heavy (non-hydrogen) atoms. The Labute approximate surface area is 80.6 Å². The third kappa shape index (κ3) is 1.77. The van der Waals surface area contributed by atoms with Gasteiger partial charge < -0.3 is 10.3 Å². The molecular formula is C9H13N3O2. The van der Waals surface area contributed by atoms with Gasteiger partial charge in [0.25, 0.3) is 5.56 Å². The summed E-state index contributed by atoms with van der Waals surface area (Å²) in [5.41, 5.74) is 0.0134. The zero-order chi connectivity index (χ0) is 9.97. The monoisotopic (exact) mass is 195 g/mol. The lowest BCUT2D eigenvalue weighted by Gasteiger charge is -2.21. The minimum atomic E-state index is -0.437. The van der Waals surface area contributed by atoms with Crippen LogP contribution in [0.25, 0.3) is 0 Å². The fraction of sp³-hybridized carbons (Fsp3) is 0.556. The van der Waals surface area contributed by atoms with Crippen LogP contribution in [-0.2, 0) is 0 Å². The number of hydrogen-bond donors (Lipinski definition) is 3. The second-order valence-electron chi connectivity index (χ2n) is 3.55. The molecule has 0 radical (unpaired) electrons. The molecule has 5 heteroatoms. The zero-order valence-corrected chi connectivity index (χ0v) is 7.80. The zero-order valence-electron chi connectivity index (χ0n) is 7.80. The highest BCUT2D eigenvalue weighted by atomic mass is 16.2. The van der Waals surface area contributed by atoms with Crippen molar-refractivity contribution in [3.05, 3.63) is 32.6 Å². The molecule has 0 saturated carbocycles. The first-order valence-corrected chi connectivity index (χ1v) is 4.80. The summed E-state index contributed by atoms with van der Waals surface area (Å²) in [6, 6.07) is 0. The summed E-state index contributed by atoms with van der Waals surface area (Å²) in [6.07, 6.45) is 3.45. The van der Waals surface area contributed by atoms with E-state index in [2.05, 4.69) is 15.3 Å². The minimum Gasteiger partial charge on any atom is -0.317 e. The lowest BCUT2D eigenvalue weighted by Crippen LogP contribution is -2.32. The Kier molecular flexibility index (Phi) is 2.49. The molecule has 2 rings (SSSR count). The van der Waals surface area contributed by atoms with Crippen LogP contribution >= 0.6 is 0 Å². The van der Waals surface area contributed by atoms with Gasteiger partial charge in [-0.2, -0.15) is 0 Å². The van der Waals surface area contributed by atoms with Crippen molar-refractivity contribution in [2.45, 2.75) is 18.8 Å². The fourth-order valence-electron chi connectivity index (χ4n) is 1.86. The first-order valence-electron chi connectivity index (χ1n) is 4.80. The average molecular weight is 195 g/mol. The summed E-state index contributed by atoms with van der Waals surface area (Å²) >= 11 is 0. The predicted octanol–water partition coefficient (Wildman–Crippen LogP) is -0.470. The van der Waals surface area contributed by atoms with Crippen molar-refractivity contribution in [3.63, 3.8) is 0 Å². The Morgan fingerprint density at radius 1 is 1.21 bits per heavy atom. The van der Waals surface area contributed by atoms with E-state index in [4.69, 9.17) is 0 Å². The Morgan fingerprint density at radius 3 is 2.57 bits per heavy atom. The average Bonchev–Trinajstić information content (AvgIpc) is 2.19. The number of nitrogens with one attached hydrogen (secondary N) is 3. The van der Waals surface area contributed by atoms with Gasteiger partial charge in [-0.05, 0) is 31.8 Å². The molecular weight excluding hydrogens is 182 g/mol. The number of aromatic amines is 2. The van der Waals surface area contributed by atoms with Crippen LogP contribution in [-0.4, -0.2) is 23.1 Å². The maximum absolute atomic E-state index is 11.4. The maximum atomic E-state index is 11.4. The number of hydrogen-bond acceptors (Lipinski definition) is 3. The number of aromatic nitrogens is 2. The molecule has 5 nitrogen and oxygen atoms in total. The van der Waals surface area contributed by atoms with Crippen LogP contribution in [0.5, 0.6) is 0 Å². The Morgan fingerprint density at radius 2 is 1.93 bits per heavy atom. The second kappa shape index (κ2) is 3.79. The van der Waals surface area contributed by atoms with Crippen LogP contribution in [0.1, 0.15) is 24.3 Å². The molecule has 0 unspecified atom stereocenters. The molecule has 2 heterocycles. The quantitative estimate of drug-likeness (QED) is 0.567. The van der Waals surface area contributed by atoms with E-state index in [1.807, 2.05) is 0 Å². The highest BCUT2D eigenvalue weighted by Crippen LogP contribution is 2.20. The van der Waals surface area contributed by atoms with Gasteiger partial charge >= 0.3 is 5.69 Å². The van der Waals surface area contributed by atoms with Gasteiger partial charge in [-0.3, -0.25) is 9.78 Å². The van der Waals surface area contributed by atoms with Crippen LogP contribution in [0.3, 0.4) is 0 Å². The summed E-state index contributed by atoms with van der Waals surface area (Å²) in [5, 5.41) is 3.23. The van der Waals surface area contributed by atoms with Crippen LogP contribution in [0.2, 0.25) is 0 Å². The SMILES string of the molecule is O=c1[nH]cc(C2CCNCC2)c(=O)[nH]1. The Bertz CT molecular complexity index is 415. The van der Waals surface area contributed by atoms with Crippen LogP contribution in [0, 0.1) is 0 Å². The van der Waals surface area contributed by atoms with Gasteiger partial charge in [0.05, 0.1) is 0 Å². The van der Waals surface area contributed by atoms with E-state index < -0.39 is 5.69 Å². The van der Waals surface area contributed by atoms with Crippen molar-refractivity contribution >= 4 is 0 Å². The molecule has 76 valence electrons. The normalized spacial score (nSPS) is 18.3. The summed E-state index contributed by atoms with van der Waals surface area (Å²) in [5.74, 6) is 0.275. The lowest BCUT2D eigenvalue weighted by atomic mass is 9.92. The smallest absolute Gasteiger partial charge is 0.317 e. The molecule has 0 bridgehead atoms. The van der Waals surface area contributed by atoms with Gasteiger partial charge in [-0.25, -0.2) is 4.79 Å². The van der Waals surface area contributed by atoms with Gasteiger partial charge in [0.2, 0.25) is 0 Å². The van der Waals surface area contributed by atoms with Crippen LogP contribution in [0.4, 0.5) is 0 Å². The van der Waals surface area contributed by atoms with Crippen molar-refractivity contribution in [2.24, 2.45) is 0 Å². The van der Waals surface area contributed by atoms with Gasteiger partial charge in [-0.15, -0.1) is 0 Å². The van der Waals surface area contributed by atoms with Gasteiger partial charge in [0, 0.05) is 11.8 Å². The number of H-pyrrole nitrogens is 2. The largest absolute Gasteiger partial charge is 0.325 e. The maximum Gasteiger partial charge on any atom is 0.325 e. The molecule has 3 N–H and O–H groups in total. The third-order valence-corrected chi connectivity index (χ3v) is 2.63. The summed E-state index contributed by atoms with van der Waals surface area (Å²) in [6.45, 7) is 1.87. The first kappa shape index (κ1) is 9.21. The Balaban J connectivity index is 2.31. The second-order valence-corrected chi connectivity index (χ2v) is 3.55. The first-order chi connectivity index (χ1) is 6.77. The summed E-state index contributed by atoms with van der Waals surface area (Å²) in [7, 11) is 0. The van der Waals surface area contributed by atoms with Gasteiger partial charge in [-0.1, -0.05) is 0 Å². The van der Waals surface area contributed by atoms with E-state index >= 15 is 0 Å². The molecule has 1 aliphatic rings. The van der Waals surface area contributed by atoms with E-state index in [1.54, 1.807) is 0 Å². The predicted molar refractivity (Wildman–Crippen MR) is 52.5 cm³/mol. The molecule has 1 fully saturated rings. The van der Waals surface area contributed by atoms with Crippen molar-refractivity contribution < 1.29 is 0 Å². The highest BCUT2D eigenvalue weighted by Gasteiger charge is 2.17.